The van der Waals surface area contributed by atoms with Gasteiger partial charge in [-0.3, -0.25) is 4.79 Å². The lowest BCUT2D eigenvalue weighted by molar-refractivity contribution is -0.137. The van der Waals surface area contributed by atoms with Crippen molar-refractivity contribution in [3.63, 3.8) is 0 Å². The quantitative estimate of drug-likeness (QED) is 0.590. The van der Waals surface area contributed by atoms with Crippen LogP contribution >= 0.6 is 0 Å². The van der Waals surface area contributed by atoms with Gasteiger partial charge in [0.2, 0.25) is 0 Å². The van der Waals surface area contributed by atoms with Gasteiger partial charge in [0.15, 0.2) is 0 Å². The molecule has 1 aromatic heterocycles. The molecule has 2 aromatic carbocycles. The summed E-state index contributed by atoms with van der Waals surface area (Å²) >= 11 is 0. The molecule has 0 bridgehead atoms. The molecule has 3 rings (SSSR count). The Morgan fingerprint density at radius 1 is 1.10 bits per heavy atom. The van der Waals surface area contributed by atoms with Gasteiger partial charge in [-0.25, -0.2) is 9.97 Å². The van der Waals surface area contributed by atoms with Crippen LogP contribution in [-0.4, -0.2) is 48.0 Å². The van der Waals surface area contributed by atoms with Crippen molar-refractivity contribution < 1.29 is 22.7 Å². The number of benzene rings is 2. The number of nitrogens with zero attached hydrogens (tertiary/aromatic N) is 3. The first kappa shape index (κ1) is 22.5. The third kappa shape index (κ3) is 5.69. The van der Waals surface area contributed by atoms with E-state index >= 15 is 0 Å². The lowest BCUT2D eigenvalue weighted by atomic mass is 10.0. The number of aromatic nitrogens is 2. The maximum atomic E-state index is 12.7. The third-order valence-corrected chi connectivity index (χ3v) is 4.80. The highest BCUT2D eigenvalue weighted by atomic mass is 19.4. The second-order valence-corrected chi connectivity index (χ2v) is 7.40. The van der Waals surface area contributed by atoms with Crippen LogP contribution in [0, 0.1) is 0 Å². The largest absolute Gasteiger partial charge is 0.492 e. The number of aryl methyl sites for hydroxylation is 2. The van der Waals surface area contributed by atoms with E-state index < -0.39 is 17.6 Å². The molecule has 0 unspecified atom stereocenters. The molecule has 9 heteroatoms. The second kappa shape index (κ2) is 9.30. The molecule has 1 heterocycles. The predicted molar refractivity (Wildman–Crippen MR) is 111 cm³/mol. The number of hydrogen-bond donors (Lipinski definition) is 1. The lowest BCUT2D eigenvalue weighted by Gasteiger charge is -2.14. The van der Waals surface area contributed by atoms with Crippen LogP contribution in [0.15, 0.2) is 42.7 Å². The van der Waals surface area contributed by atoms with Crippen molar-refractivity contribution in [2.75, 3.05) is 27.2 Å². The summed E-state index contributed by atoms with van der Waals surface area (Å²) in [6, 6.07) is 8.37. The van der Waals surface area contributed by atoms with Gasteiger partial charge in [0.05, 0.1) is 22.3 Å². The van der Waals surface area contributed by atoms with Gasteiger partial charge in [0.1, 0.15) is 18.7 Å². The smallest absolute Gasteiger partial charge is 0.416 e. The number of carbonyl (C=O) groups is 1. The third-order valence-electron chi connectivity index (χ3n) is 4.80. The van der Waals surface area contributed by atoms with Gasteiger partial charge in [0, 0.05) is 11.9 Å². The summed E-state index contributed by atoms with van der Waals surface area (Å²) in [5.74, 6) is -0.149. The number of alkyl halides is 3. The lowest BCUT2D eigenvalue weighted by Crippen LogP contribution is -2.19. The Balaban J connectivity index is 1.87. The van der Waals surface area contributed by atoms with E-state index in [9.17, 15) is 18.0 Å². The summed E-state index contributed by atoms with van der Waals surface area (Å²) in [4.78, 5) is 22.5. The molecule has 31 heavy (non-hydrogen) atoms. The minimum absolute atomic E-state index is 0.232. The van der Waals surface area contributed by atoms with E-state index in [-0.39, 0.29) is 5.56 Å². The molecule has 0 aliphatic rings. The fraction of sp³-hybridized carbons (Fsp3) is 0.318. The van der Waals surface area contributed by atoms with E-state index in [2.05, 4.69) is 9.97 Å². The van der Waals surface area contributed by atoms with Crippen molar-refractivity contribution >= 4 is 16.8 Å². The Morgan fingerprint density at radius 2 is 1.81 bits per heavy atom. The summed E-state index contributed by atoms with van der Waals surface area (Å²) in [5.41, 5.74) is 6.90. The van der Waals surface area contributed by atoms with Crippen molar-refractivity contribution in [3.8, 4) is 5.75 Å². The molecule has 0 saturated carbocycles. The summed E-state index contributed by atoms with van der Waals surface area (Å²) in [6.45, 7) is 1.11. The SMILES string of the molecule is CN(C)CCOc1cc(C(N)=O)c2ncnc(CCc3ccc(C(F)(F)F)cc3)c2c1. The van der Waals surface area contributed by atoms with Gasteiger partial charge in [-0.05, 0) is 56.8 Å². The fourth-order valence-electron chi connectivity index (χ4n) is 3.13. The Labute approximate surface area is 177 Å². The van der Waals surface area contributed by atoms with Crippen LogP contribution in [0.3, 0.4) is 0 Å². The van der Waals surface area contributed by atoms with Crippen LogP contribution in [0.1, 0.15) is 27.2 Å². The Hall–Kier alpha value is -3.20. The number of nitrogens with two attached hydrogens (primary N) is 1. The van der Waals surface area contributed by atoms with Gasteiger partial charge >= 0.3 is 6.18 Å². The van der Waals surface area contributed by atoms with Crippen molar-refractivity contribution in [2.24, 2.45) is 5.73 Å². The summed E-state index contributed by atoms with van der Waals surface area (Å²) in [6.07, 6.45) is -2.09. The number of primary amides is 1. The van der Waals surface area contributed by atoms with Crippen molar-refractivity contribution in [1.29, 1.82) is 0 Å². The highest BCUT2D eigenvalue weighted by molar-refractivity contribution is 6.05. The molecular weight excluding hydrogens is 409 g/mol. The molecule has 0 atom stereocenters. The van der Waals surface area contributed by atoms with Crippen LogP contribution in [0.2, 0.25) is 0 Å². The number of hydrogen-bond acceptors (Lipinski definition) is 5. The second-order valence-electron chi connectivity index (χ2n) is 7.40. The molecule has 6 nitrogen and oxygen atoms in total. The Kier molecular flexibility index (Phi) is 6.74. The zero-order valence-electron chi connectivity index (χ0n) is 17.2. The zero-order valence-corrected chi connectivity index (χ0v) is 17.2. The van der Waals surface area contributed by atoms with E-state index in [1.54, 1.807) is 12.1 Å². The normalized spacial score (nSPS) is 11.8. The molecule has 0 fully saturated rings. The standard InChI is InChI=1S/C22H23F3N4O2/c1-29(2)9-10-31-16-11-17-19(27-13-28-20(17)18(12-16)21(26)30)8-5-14-3-6-15(7-4-14)22(23,24)25/h3-4,6-7,11-13H,5,8-10H2,1-2H3,(H2,26,30). The average molecular weight is 432 g/mol. The first-order valence-electron chi connectivity index (χ1n) is 9.66. The molecule has 0 saturated heterocycles. The molecule has 1 amide bonds. The maximum Gasteiger partial charge on any atom is 0.416 e. The Morgan fingerprint density at radius 3 is 2.42 bits per heavy atom. The molecule has 164 valence electrons. The van der Waals surface area contributed by atoms with Crippen LogP contribution in [0.5, 0.6) is 5.75 Å². The number of fused-ring (bicyclic) bond motifs is 1. The van der Waals surface area contributed by atoms with E-state index in [0.29, 0.717) is 48.3 Å². The number of halogens is 3. The van der Waals surface area contributed by atoms with Crippen LogP contribution in [0.25, 0.3) is 10.9 Å². The predicted octanol–water partition coefficient (Wildman–Crippen LogP) is 3.47. The summed E-state index contributed by atoms with van der Waals surface area (Å²) in [7, 11) is 3.84. The van der Waals surface area contributed by atoms with Gasteiger partial charge in [-0.15, -0.1) is 0 Å². The van der Waals surface area contributed by atoms with E-state index in [1.165, 1.54) is 18.5 Å². The van der Waals surface area contributed by atoms with Crippen molar-refractivity contribution in [2.45, 2.75) is 19.0 Å². The van der Waals surface area contributed by atoms with Crippen molar-refractivity contribution in [3.05, 3.63) is 65.1 Å². The van der Waals surface area contributed by atoms with Gasteiger partial charge in [0.25, 0.3) is 5.91 Å². The molecule has 0 radical (unpaired) electrons. The van der Waals surface area contributed by atoms with Crippen molar-refractivity contribution in [1.82, 2.24) is 14.9 Å². The number of carbonyl (C=O) groups excluding carboxylic acids is 1. The fourth-order valence-corrected chi connectivity index (χ4v) is 3.13. The average Bonchev–Trinajstić information content (AvgIpc) is 2.71. The molecule has 0 aliphatic heterocycles. The number of likely N-dealkylation sites (N-methyl/N-ethyl adjacent to an activating group) is 1. The van der Waals surface area contributed by atoms with Gasteiger partial charge in [-0.2, -0.15) is 13.2 Å². The minimum Gasteiger partial charge on any atom is -0.492 e. The molecule has 0 spiro atoms. The van der Waals surface area contributed by atoms with E-state index in [4.69, 9.17) is 10.5 Å². The first-order valence-corrected chi connectivity index (χ1v) is 9.66. The van der Waals surface area contributed by atoms with Crippen LogP contribution in [0.4, 0.5) is 13.2 Å². The monoisotopic (exact) mass is 432 g/mol. The maximum absolute atomic E-state index is 12.7. The highest BCUT2D eigenvalue weighted by Gasteiger charge is 2.29. The summed E-state index contributed by atoms with van der Waals surface area (Å²) < 4.78 is 44.0. The van der Waals surface area contributed by atoms with Gasteiger partial charge in [-0.1, -0.05) is 12.1 Å². The number of ether oxygens (including phenoxy) is 1. The highest BCUT2D eigenvalue weighted by Crippen LogP contribution is 2.30. The topological polar surface area (TPSA) is 81.3 Å². The van der Waals surface area contributed by atoms with Crippen LogP contribution in [-0.2, 0) is 19.0 Å². The molecule has 3 aromatic rings. The van der Waals surface area contributed by atoms with E-state index in [1.807, 2.05) is 19.0 Å². The molecular formula is C22H23F3N4O2. The molecule has 0 aliphatic carbocycles. The van der Waals surface area contributed by atoms with Gasteiger partial charge < -0.3 is 15.4 Å². The summed E-state index contributed by atoms with van der Waals surface area (Å²) in [5, 5.41) is 0.630. The van der Waals surface area contributed by atoms with Crippen LogP contribution < -0.4 is 10.5 Å². The Bertz CT molecular complexity index is 1070. The number of rotatable bonds is 8. The van der Waals surface area contributed by atoms with E-state index in [0.717, 1.165) is 17.7 Å². The first-order chi connectivity index (χ1) is 14.6. The molecule has 2 N–H and O–H groups in total. The zero-order chi connectivity index (χ0) is 22.6. The minimum atomic E-state index is -4.37. The number of amides is 1.